The van der Waals surface area contributed by atoms with Crippen molar-refractivity contribution in [1.29, 1.82) is 0 Å². The van der Waals surface area contributed by atoms with Crippen molar-refractivity contribution in [3.63, 3.8) is 0 Å². The minimum Gasteiger partial charge on any atom is -0.406 e. The molecule has 0 heterocycles. The fourth-order valence-electron chi connectivity index (χ4n) is 2.47. The Bertz CT molecular complexity index is 316. The zero-order chi connectivity index (χ0) is 15.1. The van der Waals surface area contributed by atoms with Gasteiger partial charge < -0.3 is 4.43 Å². The molecule has 1 unspecified atom stereocenters. The highest BCUT2D eigenvalue weighted by atomic mass is 28.4. The van der Waals surface area contributed by atoms with Crippen LogP contribution in [0.1, 0.15) is 25.7 Å². The van der Waals surface area contributed by atoms with Crippen LogP contribution in [0, 0.1) is 0 Å². The van der Waals surface area contributed by atoms with Gasteiger partial charge in [-0.05, 0) is 32.5 Å². The SMILES string of the molecule is C[Si](C)(C)OC1(C(F)(F)C(F)C(F)(F)F)CCCC1. The predicted molar refractivity (Wildman–Crippen MR) is 61.5 cm³/mol. The van der Waals surface area contributed by atoms with Gasteiger partial charge in [0.15, 0.2) is 8.32 Å². The molecule has 1 atom stereocenters. The highest BCUT2D eigenvalue weighted by molar-refractivity contribution is 6.69. The lowest BCUT2D eigenvalue weighted by Crippen LogP contribution is -2.60. The van der Waals surface area contributed by atoms with E-state index in [9.17, 15) is 26.3 Å². The summed E-state index contributed by atoms with van der Waals surface area (Å²) >= 11 is 0. The first kappa shape index (κ1) is 16.8. The molecule has 1 rings (SSSR count). The number of halogens is 6. The highest BCUT2D eigenvalue weighted by Crippen LogP contribution is 2.51. The third-order valence-corrected chi connectivity index (χ3v) is 4.13. The summed E-state index contributed by atoms with van der Waals surface area (Å²) in [7, 11) is -2.52. The summed E-state index contributed by atoms with van der Waals surface area (Å²) in [6.07, 6.45) is -9.59. The van der Waals surface area contributed by atoms with Crippen molar-refractivity contribution in [2.24, 2.45) is 0 Å². The van der Waals surface area contributed by atoms with Crippen LogP contribution < -0.4 is 0 Å². The van der Waals surface area contributed by atoms with Crippen LogP contribution in [-0.2, 0) is 4.43 Å². The summed E-state index contributed by atoms with van der Waals surface area (Å²) in [5, 5.41) is 0. The standard InChI is InChI=1S/C11H18F6OSi/c1-19(2,3)18-9(6-4-5-7-9)10(13,14)8(12)11(15,16)17/h8H,4-7H2,1-3H3. The lowest BCUT2D eigenvalue weighted by atomic mass is 9.90. The summed E-state index contributed by atoms with van der Waals surface area (Å²) < 4.78 is 83.5. The van der Waals surface area contributed by atoms with Crippen molar-refractivity contribution in [2.75, 3.05) is 0 Å². The fraction of sp³-hybridized carbons (Fsp3) is 1.00. The molecule has 8 heteroatoms. The number of hydrogen-bond acceptors (Lipinski definition) is 1. The first-order valence-corrected chi connectivity index (χ1v) is 9.51. The van der Waals surface area contributed by atoms with E-state index in [0.29, 0.717) is 12.8 Å². The third-order valence-electron chi connectivity index (χ3n) is 3.13. The van der Waals surface area contributed by atoms with Crippen LogP contribution in [-0.4, -0.2) is 32.2 Å². The van der Waals surface area contributed by atoms with Crippen LogP contribution in [0.4, 0.5) is 26.3 Å². The molecule has 0 aromatic heterocycles. The summed E-state index contributed by atoms with van der Waals surface area (Å²) in [5.74, 6) is -4.55. The average Bonchev–Trinajstić information content (AvgIpc) is 2.62. The Hall–Kier alpha value is -0.243. The van der Waals surface area contributed by atoms with E-state index in [2.05, 4.69) is 0 Å². The zero-order valence-electron chi connectivity index (χ0n) is 11.1. The van der Waals surface area contributed by atoms with Gasteiger partial charge in [-0.2, -0.15) is 22.0 Å². The minimum absolute atomic E-state index is 0.235. The molecule has 1 aliphatic rings. The van der Waals surface area contributed by atoms with E-state index >= 15 is 0 Å². The Morgan fingerprint density at radius 3 is 1.74 bits per heavy atom. The summed E-state index contributed by atoms with van der Waals surface area (Å²) in [6, 6.07) is 0. The maximum Gasteiger partial charge on any atom is 0.425 e. The molecule has 0 aromatic carbocycles. The summed E-state index contributed by atoms with van der Waals surface area (Å²) in [4.78, 5) is 0. The zero-order valence-corrected chi connectivity index (χ0v) is 12.1. The van der Waals surface area contributed by atoms with Gasteiger partial charge >= 0.3 is 12.1 Å². The Morgan fingerprint density at radius 2 is 1.42 bits per heavy atom. The van der Waals surface area contributed by atoms with E-state index in [1.807, 2.05) is 0 Å². The van der Waals surface area contributed by atoms with Gasteiger partial charge in [0, 0.05) is 0 Å². The second kappa shape index (κ2) is 4.94. The van der Waals surface area contributed by atoms with Gasteiger partial charge in [-0.3, -0.25) is 0 Å². The van der Waals surface area contributed by atoms with Gasteiger partial charge in [0.25, 0.3) is 6.17 Å². The number of rotatable bonds is 4. The van der Waals surface area contributed by atoms with Crippen molar-refractivity contribution >= 4 is 8.32 Å². The van der Waals surface area contributed by atoms with Gasteiger partial charge in [0.05, 0.1) is 0 Å². The average molecular weight is 308 g/mol. The smallest absolute Gasteiger partial charge is 0.406 e. The molecule has 0 aliphatic heterocycles. The predicted octanol–water partition coefficient (Wildman–Crippen LogP) is 4.69. The van der Waals surface area contributed by atoms with Crippen LogP contribution in [0.2, 0.25) is 19.6 Å². The third kappa shape index (κ3) is 3.45. The normalized spacial score (nSPS) is 22.6. The maximum absolute atomic E-state index is 14.0. The van der Waals surface area contributed by atoms with E-state index in [1.54, 1.807) is 19.6 Å². The quantitative estimate of drug-likeness (QED) is 0.541. The Morgan fingerprint density at radius 1 is 1.00 bits per heavy atom. The number of hydrogen-bond donors (Lipinski definition) is 0. The molecule has 1 saturated carbocycles. The first-order valence-electron chi connectivity index (χ1n) is 6.11. The lowest BCUT2D eigenvalue weighted by molar-refractivity contribution is -0.288. The van der Waals surface area contributed by atoms with Crippen molar-refractivity contribution in [2.45, 2.75) is 69.2 Å². The second-order valence-electron chi connectivity index (χ2n) is 5.94. The molecular formula is C11H18F6OSi. The van der Waals surface area contributed by atoms with E-state index < -0.39 is 32.2 Å². The van der Waals surface area contributed by atoms with Crippen LogP contribution in [0.5, 0.6) is 0 Å². The minimum atomic E-state index is -5.58. The van der Waals surface area contributed by atoms with Crippen LogP contribution in [0.3, 0.4) is 0 Å². The molecule has 1 fully saturated rings. The molecule has 0 aromatic rings. The van der Waals surface area contributed by atoms with Crippen LogP contribution in [0.25, 0.3) is 0 Å². The largest absolute Gasteiger partial charge is 0.425 e. The van der Waals surface area contributed by atoms with Gasteiger partial charge in [-0.1, -0.05) is 12.8 Å². The van der Waals surface area contributed by atoms with E-state index in [4.69, 9.17) is 4.43 Å². The maximum atomic E-state index is 14.0. The highest BCUT2D eigenvalue weighted by Gasteiger charge is 2.68. The molecule has 0 amide bonds. The number of alkyl halides is 6. The molecule has 0 N–H and O–H groups in total. The molecule has 0 bridgehead atoms. The van der Waals surface area contributed by atoms with Crippen LogP contribution >= 0.6 is 0 Å². The van der Waals surface area contributed by atoms with Gasteiger partial charge in [-0.15, -0.1) is 0 Å². The summed E-state index contributed by atoms with van der Waals surface area (Å²) in [6.45, 7) is 4.80. The monoisotopic (exact) mass is 308 g/mol. The molecular weight excluding hydrogens is 290 g/mol. The topological polar surface area (TPSA) is 9.23 Å². The van der Waals surface area contributed by atoms with E-state index in [0.717, 1.165) is 0 Å². The van der Waals surface area contributed by atoms with Gasteiger partial charge in [0.1, 0.15) is 5.60 Å². The van der Waals surface area contributed by atoms with E-state index in [1.165, 1.54) is 0 Å². The molecule has 19 heavy (non-hydrogen) atoms. The fourth-order valence-corrected chi connectivity index (χ4v) is 3.98. The Balaban J connectivity index is 3.11. The Kier molecular flexibility index (Phi) is 4.37. The van der Waals surface area contributed by atoms with Crippen LogP contribution in [0.15, 0.2) is 0 Å². The molecule has 0 spiro atoms. The molecule has 1 aliphatic carbocycles. The Labute approximate surface area is 109 Å². The lowest BCUT2D eigenvalue weighted by Gasteiger charge is -2.43. The first-order chi connectivity index (χ1) is 8.32. The van der Waals surface area contributed by atoms with Crippen molar-refractivity contribution in [3.8, 4) is 0 Å². The molecule has 0 radical (unpaired) electrons. The molecule has 1 nitrogen and oxygen atoms in total. The second-order valence-corrected chi connectivity index (χ2v) is 10.4. The molecule has 0 saturated heterocycles. The molecule has 114 valence electrons. The van der Waals surface area contributed by atoms with Crippen molar-refractivity contribution in [1.82, 2.24) is 0 Å². The van der Waals surface area contributed by atoms with E-state index in [-0.39, 0.29) is 12.8 Å². The van der Waals surface area contributed by atoms with Gasteiger partial charge in [-0.25, -0.2) is 4.39 Å². The summed E-state index contributed by atoms with van der Waals surface area (Å²) in [5.41, 5.74) is -2.31. The van der Waals surface area contributed by atoms with Crippen molar-refractivity contribution < 1.29 is 30.8 Å². The van der Waals surface area contributed by atoms with Crippen molar-refractivity contribution in [3.05, 3.63) is 0 Å². The van der Waals surface area contributed by atoms with Gasteiger partial charge in [0.2, 0.25) is 0 Å².